The molecular formula is C20H21N3O3. The zero-order chi connectivity index (χ0) is 18.5. The van der Waals surface area contributed by atoms with Crippen LogP contribution in [0.4, 0.5) is 5.69 Å². The Morgan fingerprint density at radius 1 is 1.19 bits per heavy atom. The molecule has 3 rings (SSSR count). The molecule has 1 fully saturated rings. The lowest BCUT2D eigenvalue weighted by molar-refractivity contribution is -0.126. The van der Waals surface area contributed by atoms with Crippen LogP contribution in [-0.4, -0.2) is 31.7 Å². The van der Waals surface area contributed by atoms with Crippen LogP contribution in [0.5, 0.6) is 5.75 Å². The maximum Gasteiger partial charge on any atom is 0.245 e. The van der Waals surface area contributed by atoms with E-state index in [1.54, 1.807) is 18.2 Å². The van der Waals surface area contributed by atoms with Gasteiger partial charge in [0.05, 0.1) is 19.2 Å². The summed E-state index contributed by atoms with van der Waals surface area (Å²) < 4.78 is 5.09. The van der Waals surface area contributed by atoms with Crippen LogP contribution in [0.25, 0.3) is 0 Å². The number of carbonyl (C=O) groups is 2. The largest absolute Gasteiger partial charge is 0.497 e. The first-order valence-corrected chi connectivity index (χ1v) is 8.41. The molecule has 1 aliphatic rings. The lowest BCUT2D eigenvalue weighted by atomic mass is 10.1. The summed E-state index contributed by atoms with van der Waals surface area (Å²) in [4.78, 5) is 26.2. The molecule has 1 aliphatic heterocycles. The molecule has 134 valence electrons. The maximum atomic E-state index is 12.3. The Morgan fingerprint density at radius 3 is 2.54 bits per heavy atom. The molecule has 2 aromatic rings. The number of anilines is 1. The van der Waals surface area contributed by atoms with Crippen molar-refractivity contribution >= 4 is 23.7 Å². The summed E-state index contributed by atoms with van der Waals surface area (Å²) in [6.45, 7) is 2.36. The van der Waals surface area contributed by atoms with Crippen molar-refractivity contribution in [3.8, 4) is 5.75 Å². The monoisotopic (exact) mass is 351 g/mol. The number of benzene rings is 2. The highest BCUT2D eigenvalue weighted by Gasteiger charge is 2.35. The van der Waals surface area contributed by atoms with Crippen LogP contribution in [-0.2, 0) is 9.59 Å². The first kappa shape index (κ1) is 17.7. The average molecular weight is 351 g/mol. The molecule has 26 heavy (non-hydrogen) atoms. The Labute approximate surface area is 152 Å². The highest BCUT2D eigenvalue weighted by atomic mass is 16.5. The minimum absolute atomic E-state index is 0.0480. The Balaban J connectivity index is 1.57. The SMILES string of the molecule is COc1ccc(/C=N/NC(=O)[C@H]2CC(=O)N(c3ccc(C)cc3)C2)cc1. The van der Waals surface area contributed by atoms with Crippen LogP contribution >= 0.6 is 0 Å². The van der Waals surface area contributed by atoms with Crippen molar-refractivity contribution in [2.24, 2.45) is 11.0 Å². The Kier molecular flexibility index (Phi) is 5.31. The van der Waals surface area contributed by atoms with Gasteiger partial charge in [0.15, 0.2) is 0 Å². The van der Waals surface area contributed by atoms with E-state index in [1.165, 1.54) is 0 Å². The third kappa shape index (κ3) is 4.08. The molecule has 2 aromatic carbocycles. The minimum atomic E-state index is -0.406. The highest BCUT2D eigenvalue weighted by molar-refractivity contribution is 6.00. The van der Waals surface area contributed by atoms with Crippen molar-refractivity contribution in [2.75, 3.05) is 18.6 Å². The number of amides is 2. The fourth-order valence-electron chi connectivity index (χ4n) is 2.81. The maximum absolute atomic E-state index is 12.3. The number of methoxy groups -OCH3 is 1. The van der Waals surface area contributed by atoms with Gasteiger partial charge < -0.3 is 9.64 Å². The summed E-state index contributed by atoms with van der Waals surface area (Å²) in [5.41, 5.74) is 5.31. The number of hydrazone groups is 1. The molecule has 1 N–H and O–H groups in total. The second kappa shape index (κ2) is 7.82. The first-order valence-electron chi connectivity index (χ1n) is 8.41. The third-order valence-corrected chi connectivity index (χ3v) is 4.35. The number of hydrogen-bond donors (Lipinski definition) is 1. The number of hydrogen-bond acceptors (Lipinski definition) is 4. The third-order valence-electron chi connectivity index (χ3n) is 4.35. The normalized spacial score (nSPS) is 16.9. The number of nitrogens with one attached hydrogen (secondary N) is 1. The zero-order valence-electron chi connectivity index (χ0n) is 14.8. The average Bonchev–Trinajstić information content (AvgIpc) is 3.05. The second-order valence-corrected chi connectivity index (χ2v) is 6.25. The Bertz CT molecular complexity index is 813. The van der Waals surface area contributed by atoms with Gasteiger partial charge in [-0.05, 0) is 48.9 Å². The predicted molar refractivity (Wildman–Crippen MR) is 100 cm³/mol. The van der Waals surface area contributed by atoms with Crippen molar-refractivity contribution in [3.05, 3.63) is 59.7 Å². The van der Waals surface area contributed by atoms with Gasteiger partial charge in [-0.2, -0.15) is 5.10 Å². The number of ether oxygens (including phenoxy) is 1. The van der Waals surface area contributed by atoms with E-state index < -0.39 is 5.92 Å². The highest BCUT2D eigenvalue weighted by Crippen LogP contribution is 2.25. The van der Waals surface area contributed by atoms with E-state index >= 15 is 0 Å². The summed E-state index contributed by atoms with van der Waals surface area (Å²) in [5.74, 6) is 0.0505. The lowest BCUT2D eigenvalue weighted by Gasteiger charge is -2.16. The summed E-state index contributed by atoms with van der Waals surface area (Å²) in [6, 6.07) is 15.0. The summed E-state index contributed by atoms with van der Waals surface area (Å²) >= 11 is 0. The van der Waals surface area contributed by atoms with E-state index in [4.69, 9.17) is 4.74 Å². The predicted octanol–water partition coefficient (Wildman–Crippen LogP) is 2.51. The smallest absolute Gasteiger partial charge is 0.245 e. The molecule has 0 spiro atoms. The zero-order valence-corrected chi connectivity index (χ0v) is 14.8. The van der Waals surface area contributed by atoms with Gasteiger partial charge in [0.1, 0.15) is 5.75 Å². The second-order valence-electron chi connectivity index (χ2n) is 6.25. The van der Waals surface area contributed by atoms with Crippen molar-refractivity contribution in [2.45, 2.75) is 13.3 Å². The van der Waals surface area contributed by atoms with E-state index in [9.17, 15) is 9.59 Å². The first-order chi connectivity index (χ1) is 12.6. The van der Waals surface area contributed by atoms with E-state index in [2.05, 4.69) is 10.5 Å². The molecule has 6 heteroatoms. The molecule has 1 saturated heterocycles. The molecule has 6 nitrogen and oxygen atoms in total. The van der Waals surface area contributed by atoms with Gasteiger partial charge in [-0.25, -0.2) is 5.43 Å². The van der Waals surface area contributed by atoms with Crippen molar-refractivity contribution in [1.29, 1.82) is 0 Å². The van der Waals surface area contributed by atoms with E-state index in [1.807, 2.05) is 55.5 Å². The van der Waals surface area contributed by atoms with Crippen LogP contribution in [0.1, 0.15) is 17.5 Å². The van der Waals surface area contributed by atoms with Crippen LogP contribution in [0.15, 0.2) is 53.6 Å². The molecule has 2 amide bonds. The molecule has 1 atom stereocenters. The van der Waals surface area contributed by atoms with Gasteiger partial charge in [0.25, 0.3) is 0 Å². The number of rotatable bonds is 5. The molecule has 0 aliphatic carbocycles. The van der Waals surface area contributed by atoms with E-state index in [-0.39, 0.29) is 18.2 Å². The topological polar surface area (TPSA) is 71.0 Å². The molecule has 0 radical (unpaired) electrons. The van der Waals surface area contributed by atoms with Crippen LogP contribution in [0.3, 0.4) is 0 Å². The Hall–Kier alpha value is -3.15. The van der Waals surface area contributed by atoms with Crippen molar-refractivity contribution in [1.82, 2.24) is 5.43 Å². The van der Waals surface area contributed by atoms with Crippen molar-refractivity contribution in [3.63, 3.8) is 0 Å². The van der Waals surface area contributed by atoms with Crippen LogP contribution < -0.4 is 15.1 Å². The standard InChI is InChI=1S/C20H21N3O3/c1-14-3-7-17(8-4-14)23-13-16(11-19(23)24)20(25)22-21-12-15-5-9-18(26-2)10-6-15/h3-10,12,16H,11,13H2,1-2H3,(H,22,25)/b21-12+/t16-/m0/s1. The molecule has 0 aromatic heterocycles. The number of nitrogens with zero attached hydrogens (tertiary/aromatic N) is 2. The molecular weight excluding hydrogens is 330 g/mol. The lowest BCUT2D eigenvalue weighted by Crippen LogP contribution is -2.30. The number of aryl methyl sites for hydroxylation is 1. The van der Waals surface area contributed by atoms with E-state index in [0.717, 1.165) is 22.6 Å². The van der Waals surface area contributed by atoms with E-state index in [0.29, 0.717) is 6.54 Å². The van der Waals surface area contributed by atoms with Crippen LogP contribution in [0.2, 0.25) is 0 Å². The molecule has 0 bridgehead atoms. The molecule has 0 saturated carbocycles. The summed E-state index contributed by atoms with van der Waals surface area (Å²) in [6.07, 6.45) is 1.75. The fourth-order valence-corrected chi connectivity index (χ4v) is 2.81. The summed E-state index contributed by atoms with van der Waals surface area (Å²) in [7, 11) is 1.60. The van der Waals surface area contributed by atoms with Gasteiger partial charge in [0, 0.05) is 18.7 Å². The minimum Gasteiger partial charge on any atom is -0.497 e. The van der Waals surface area contributed by atoms with Gasteiger partial charge in [-0.1, -0.05) is 17.7 Å². The van der Waals surface area contributed by atoms with Gasteiger partial charge in [-0.3, -0.25) is 9.59 Å². The quantitative estimate of drug-likeness (QED) is 0.665. The fraction of sp³-hybridized carbons (Fsp3) is 0.250. The van der Waals surface area contributed by atoms with Crippen molar-refractivity contribution < 1.29 is 14.3 Å². The Morgan fingerprint density at radius 2 is 1.88 bits per heavy atom. The van der Waals surface area contributed by atoms with Gasteiger partial charge in [-0.15, -0.1) is 0 Å². The van der Waals surface area contributed by atoms with Gasteiger partial charge >= 0.3 is 0 Å². The summed E-state index contributed by atoms with van der Waals surface area (Å²) in [5, 5.41) is 3.98. The van der Waals surface area contributed by atoms with Gasteiger partial charge in [0.2, 0.25) is 11.8 Å². The molecule has 1 heterocycles. The number of carbonyl (C=O) groups excluding carboxylic acids is 2. The molecule has 0 unspecified atom stereocenters. The van der Waals surface area contributed by atoms with Crippen LogP contribution in [0, 0.1) is 12.8 Å².